The molecule has 6 nitrogen and oxygen atoms in total. The van der Waals surface area contributed by atoms with Gasteiger partial charge in [0.15, 0.2) is 0 Å². The Kier molecular flexibility index (Phi) is 5.31. The summed E-state index contributed by atoms with van der Waals surface area (Å²) < 4.78 is 5.30. The van der Waals surface area contributed by atoms with E-state index >= 15 is 0 Å². The first kappa shape index (κ1) is 15.9. The van der Waals surface area contributed by atoms with Crippen molar-refractivity contribution in [2.24, 2.45) is 11.3 Å². The first-order chi connectivity index (χ1) is 8.77. The lowest BCUT2D eigenvalue weighted by atomic mass is 9.86. The van der Waals surface area contributed by atoms with Crippen LogP contribution in [0.15, 0.2) is 0 Å². The fourth-order valence-electron chi connectivity index (χ4n) is 2.17. The van der Waals surface area contributed by atoms with Crippen LogP contribution in [0.1, 0.15) is 27.7 Å². The van der Waals surface area contributed by atoms with Crippen LogP contribution in [0.3, 0.4) is 0 Å². The summed E-state index contributed by atoms with van der Waals surface area (Å²) in [6.45, 7) is 8.90. The minimum Gasteiger partial charge on any atom is -0.480 e. The molecule has 110 valence electrons. The topological polar surface area (TPSA) is 87.7 Å². The molecule has 0 aromatic heterocycles. The summed E-state index contributed by atoms with van der Waals surface area (Å²) in [7, 11) is 0. The molecule has 2 unspecified atom stereocenters. The number of rotatable bonds is 5. The third-order valence-corrected chi connectivity index (χ3v) is 3.28. The second-order valence-electron chi connectivity index (χ2n) is 5.95. The van der Waals surface area contributed by atoms with Crippen molar-refractivity contribution in [1.82, 2.24) is 10.6 Å². The maximum atomic E-state index is 12.2. The molecule has 1 heterocycles. The molecule has 19 heavy (non-hydrogen) atoms. The van der Waals surface area contributed by atoms with Gasteiger partial charge in [-0.15, -0.1) is 0 Å². The van der Waals surface area contributed by atoms with E-state index in [1.54, 1.807) is 20.8 Å². The molecule has 3 N–H and O–H groups in total. The lowest BCUT2D eigenvalue weighted by Gasteiger charge is -2.29. The van der Waals surface area contributed by atoms with Crippen LogP contribution in [-0.4, -0.2) is 48.8 Å². The first-order valence-electron chi connectivity index (χ1n) is 6.61. The zero-order valence-corrected chi connectivity index (χ0v) is 12.0. The van der Waals surface area contributed by atoms with Gasteiger partial charge in [-0.25, -0.2) is 4.79 Å². The molecule has 1 saturated heterocycles. The van der Waals surface area contributed by atoms with Crippen molar-refractivity contribution in [1.29, 1.82) is 0 Å². The summed E-state index contributed by atoms with van der Waals surface area (Å²) in [5.74, 6) is -1.60. The Morgan fingerprint density at radius 3 is 2.47 bits per heavy atom. The van der Waals surface area contributed by atoms with Gasteiger partial charge in [0.2, 0.25) is 5.91 Å². The van der Waals surface area contributed by atoms with Crippen LogP contribution in [0.2, 0.25) is 0 Å². The summed E-state index contributed by atoms with van der Waals surface area (Å²) >= 11 is 0. The monoisotopic (exact) mass is 272 g/mol. The van der Waals surface area contributed by atoms with Crippen molar-refractivity contribution < 1.29 is 19.4 Å². The van der Waals surface area contributed by atoms with Crippen LogP contribution in [-0.2, 0) is 14.3 Å². The number of aliphatic carboxylic acids is 1. The van der Waals surface area contributed by atoms with E-state index < -0.39 is 17.4 Å². The maximum Gasteiger partial charge on any atom is 0.326 e. The summed E-state index contributed by atoms with van der Waals surface area (Å²) in [6, 6.07) is -0.942. The predicted molar refractivity (Wildman–Crippen MR) is 70.8 cm³/mol. The lowest BCUT2D eigenvalue weighted by molar-refractivity contribution is -0.145. The SMILES string of the molecule is CCNC1COCC1C(=O)N[C@H](C(=O)O)C(C)(C)C. The smallest absolute Gasteiger partial charge is 0.326 e. The van der Waals surface area contributed by atoms with Gasteiger partial charge in [0, 0.05) is 6.04 Å². The Labute approximate surface area is 113 Å². The first-order valence-corrected chi connectivity index (χ1v) is 6.61. The number of likely N-dealkylation sites (N-methyl/N-ethyl adjacent to an activating group) is 1. The molecule has 1 aliphatic rings. The molecule has 0 radical (unpaired) electrons. The van der Waals surface area contributed by atoms with Gasteiger partial charge in [0.05, 0.1) is 19.1 Å². The van der Waals surface area contributed by atoms with Crippen molar-refractivity contribution in [3.8, 4) is 0 Å². The average Bonchev–Trinajstić information content (AvgIpc) is 2.72. The highest BCUT2D eigenvalue weighted by Crippen LogP contribution is 2.21. The number of hydrogen-bond donors (Lipinski definition) is 3. The van der Waals surface area contributed by atoms with Gasteiger partial charge in [0.25, 0.3) is 0 Å². The lowest BCUT2D eigenvalue weighted by Crippen LogP contribution is -2.53. The van der Waals surface area contributed by atoms with Crippen molar-refractivity contribution in [2.75, 3.05) is 19.8 Å². The van der Waals surface area contributed by atoms with Crippen LogP contribution in [0, 0.1) is 11.3 Å². The highest BCUT2D eigenvalue weighted by atomic mass is 16.5. The molecule has 3 atom stereocenters. The molecule has 1 amide bonds. The third-order valence-electron chi connectivity index (χ3n) is 3.28. The van der Waals surface area contributed by atoms with Crippen molar-refractivity contribution in [3.05, 3.63) is 0 Å². The molecule has 0 aliphatic carbocycles. The quantitative estimate of drug-likeness (QED) is 0.666. The molecule has 1 aliphatic heterocycles. The normalized spacial score (nSPS) is 25.1. The summed E-state index contributed by atoms with van der Waals surface area (Å²) in [5, 5.41) is 15.0. The number of nitrogens with one attached hydrogen (secondary N) is 2. The number of carbonyl (C=O) groups is 2. The standard InChI is InChI=1S/C13H24N2O4/c1-5-14-9-7-19-6-8(9)11(16)15-10(12(17)18)13(2,3)4/h8-10,14H,5-7H2,1-4H3,(H,15,16)(H,17,18)/t8?,9?,10-/m1/s1. The Morgan fingerprint density at radius 2 is 2.00 bits per heavy atom. The van der Waals surface area contributed by atoms with Gasteiger partial charge >= 0.3 is 5.97 Å². The predicted octanol–water partition coefficient (Wildman–Crippen LogP) is 0.226. The molecule has 6 heteroatoms. The van der Waals surface area contributed by atoms with Crippen LogP contribution in [0.25, 0.3) is 0 Å². The van der Waals surface area contributed by atoms with E-state index in [9.17, 15) is 14.7 Å². The zero-order chi connectivity index (χ0) is 14.6. The fraction of sp³-hybridized carbons (Fsp3) is 0.846. The van der Waals surface area contributed by atoms with Crippen LogP contribution in [0.5, 0.6) is 0 Å². The summed E-state index contributed by atoms with van der Waals surface area (Å²) in [6.07, 6.45) is 0. The van der Waals surface area contributed by atoms with E-state index in [4.69, 9.17) is 4.74 Å². The third kappa shape index (κ3) is 4.18. The fourth-order valence-corrected chi connectivity index (χ4v) is 2.17. The van der Waals surface area contributed by atoms with Crippen molar-refractivity contribution in [3.63, 3.8) is 0 Å². The van der Waals surface area contributed by atoms with E-state index in [0.717, 1.165) is 6.54 Å². The minimum atomic E-state index is -1.01. The van der Waals surface area contributed by atoms with E-state index in [0.29, 0.717) is 13.2 Å². The Hall–Kier alpha value is -1.14. The highest BCUT2D eigenvalue weighted by Gasteiger charge is 2.38. The second-order valence-corrected chi connectivity index (χ2v) is 5.95. The molecule has 0 aromatic rings. The molecule has 0 bridgehead atoms. The average molecular weight is 272 g/mol. The van der Waals surface area contributed by atoms with E-state index in [2.05, 4.69) is 10.6 Å². The molecule has 0 spiro atoms. The maximum absolute atomic E-state index is 12.2. The number of ether oxygens (including phenoxy) is 1. The molecule has 1 rings (SSSR count). The van der Waals surface area contributed by atoms with Crippen LogP contribution < -0.4 is 10.6 Å². The highest BCUT2D eigenvalue weighted by molar-refractivity contribution is 5.86. The van der Waals surface area contributed by atoms with E-state index in [-0.39, 0.29) is 17.9 Å². The molecule has 0 aromatic carbocycles. The largest absolute Gasteiger partial charge is 0.480 e. The van der Waals surface area contributed by atoms with Gasteiger partial charge < -0.3 is 20.5 Å². The number of hydrogen-bond acceptors (Lipinski definition) is 4. The molecular formula is C13H24N2O4. The van der Waals surface area contributed by atoms with Gasteiger partial charge in [-0.1, -0.05) is 27.7 Å². The second kappa shape index (κ2) is 6.34. The summed E-state index contributed by atoms with van der Waals surface area (Å²) in [5.41, 5.74) is -0.533. The Balaban J connectivity index is 2.69. The number of carboxylic acids is 1. The number of carboxylic acid groups (broad SMARTS) is 1. The van der Waals surface area contributed by atoms with Gasteiger partial charge in [-0.05, 0) is 12.0 Å². The van der Waals surface area contributed by atoms with Crippen molar-refractivity contribution in [2.45, 2.75) is 39.8 Å². The minimum absolute atomic E-state index is 0.0422. The molecule has 1 fully saturated rings. The van der Waals surface area contributed by atoms with Crippen LogP contribution in [0.4, 0.5) is 0 Å². The van der Waals surface area contributed by atoms with Crippen molar-refractivity contribution >= 4 is 11.9 Å². The van der Waals surface area contributed by atoms with E-state index in [1.165, 1.54) is 0 Å². The van der Waals surface area contributed by atoms with Gasteiger partial charge in [-0.3, -0.25) is 4.79 Å². The van der Waals surface area contributed by atoms with E-state index in [1.807, 2.05) is 6.92 Å². The zero-order valence-electron chi connectivity index (χ0n) is 12.0. The Morgan fingerprint density at radius 1 is 1.37 bits per heavy atom. The van der Waals surface area contributed by atoms with Gasteiger partial charge in [-0.2, -0.15) is 0 Å². The Bertz CT molecular complexity index is 338. The van der Waals surface area contributed by atoms with Gasteiger partial charge in [0.1, 0.15) is 6.04 Å². The molecular weight excluding hydrogens is 248 g/mol. The molecule has 0 saturated carbocycles. The number of amides is 1. The number of carbonyl (C=O) groups excluding carboxylic acids is 1. The summed E-state index contributed by atoms with van der Waals surface area (Å²) in [4.78, 5) is 23.4. The van der Waals surface area contributed by atoms with Crippen LogP contribution >= 0.6 is 0 Å².